The van der Waals surface area contributed by atoms with E-state index in [2.05, 4.69) is 4.98 Å². The lowest BCUT2D eigenvalue weighted by atomic mass is 10.2. The number of hydrogen-bond acceptors (Lipinski definition) is 5. The molecule has 0 radical (unpaired) electrons. The molecule has 0 saturated carbocycles. The lowest BCUT2D eigenvalue weighted by Gasteiger charge is -2.15. The molecule has 1 fully saturated rings. The van der Waals surface area contributed by atoms with Crippen molar-refractivity contribution in [1.82, 2.24) is 9.55 Å². The van der Waals surface area contributed by atoms with Gasteiger partial charge in [0.15, 0.2) is 0 Å². The van der Waals surface area contributed by atoms with Gasteiger partial charge in [0.25, 0.3) is 0 Å². The minimum Gasteiger partial charge on any atom is -0.472 e. The van der Waals surface area contributed by atoms with Gasteiger partial charge in [-0.2, -0.15) is 4.98 Å². The summed E-state index contributed by atoms with van der Waals surface area (Å²) in [5, 5.41) is 0. The van der Waals surface area contributed by atoms with Crippen LogP contribution in [0.5, 0.6) is 5.88 Å². The first-order valence-corrected chi connectivity index (χ1v) is 7.15. The summed E-state index contributed by atoms with van der Waals surface area (Å²) in [5.41, 5.74) is -0.220. The molecule has 0 spiro atoms. The number of halogens is 2. The molecule has 1 atom stereocenters. The van der Waals surface area contributed by atoms with Crippen LogP contribution in [0.1, 0.15) is 5.56 Å². The maximum atomic E-state index is 13.6. The van der Waals surface area contributed by atoms with E-state index in [1.165, 1.54) is 6.07 Å². The van der Waals surface area contributed by atoms with Crippen LogP contribution in [-0.2, 0) is 17.9 Å². The molecule has 1 saturated heterocycles. The van der Waals surface area contributed by atoms with Crippen molar-refractivity contribution in [2.24, 2.45) is 0 Å². The third kappa shape index (κ3) is 2.44. The van der Waals surface area contributed by atoms with Crippen molar-refractivity contribution in [3.63, 3.8) is 0 Å². The number of anilines is 1. The van der Waals surface area contributed by atoms with E-state index in [4.69, 9.17) is 9.47 Å². The monoisotopic (exact) mass is 321 g/mol. The van der Waals surface area contributed by atoms with Crippen LogP contribution in [0, 0.1) is 11.6 Å². The van der Waals surface area contributed by atoms with Crippen molar-refractivity contribution >= 4 is 5.82 Å². The molecule has 8 heteroatoms. The van der Waals surface area contributed by atoms with Gasteiger partial charge in [-0.25, -0.2) is 13.6 Å². The van der Waals surface area contributed by atoms with E-state index in [9.17, 15) is 13.6 Å². The lowest BCUT2D eigenvalue weighted by molar-refractivity contribution is 0.189. The summed E-state index contributed by atoms with van der Waals surface area (Å²) in [6.07, 6.45) is 0. The fourth-order valence-corrected chi connectivity index (χ4v) is 2.84. The van der Waals surface area contributed by atoms with E-state index >= 15 is 0 Å². The highest BCUT2D eigenvalue weighted by atomic mass is 19.1. The van der Waals surface area contributed by atoms with Gasteiger partial charge in [-0.15, -0.1) is 0 Å². The predicted molar refractivity (Wildman–Crippen MR) is 76.3 cm³/mol. The molecule has 23 heavy (non-hydrogen) atoms. The Morgan fingerprint density at radius 1 is 1.35 bits per heavy atom. The van der Waals surface area contributed by atoms with Gasteiger partial charge < -0.3 is 14.4 Å². The van der Waals surface area contributed by atoms with E-state index in [0.717, 1.165) is 12.1 Å². The van der Waals surface area contributed by atoms with Gasteiger partial charge in [-0.1, -0.05) is 0 Å². The Kier molecular flexibility index (Phi) is 3.26. The van der Waals surface area contributed by atoms with Crippen LogP contribution in [0.4, 0.5) is 14.6 Å². The second-order valence-electron chi connectivity index (χ2n) is 5.49. The highest BCUT2D eigenvalue weighted by Crippen LogP contribution is 2.29. The molecule has 2 aliphatic heterocycles. The fraction of sp³-hybridized carbons (Fsp3) is 0.333. The predicted octanol–water partition coefficient (Wildman–Crippen LogP) is 1.28. The molecule has 0 bridgehead atoms. The number of aromatic nitrogens is 2. The molecule has 6 nitrogen and oxygen atoms in total. The van der Waals surface area contributed by atoms with Crippen molar-refractivity contribution in [3.05, 3.63) is 51.9 Å². The average Bonchev–Trinajstić information content (AvgIpc) is 3.08. The van der Waals surface area contributed by atoms with E-state index < -0.39 is 17.3 Å². The summed E-state index contributed by atoms with van der Waals surface area (Å²) >= 11 is 0. The average molecular weight is 321 g/mol. The highest BCUT2D eigenvalue weighted by Gasteiger charge is 2.35. The van der Waals surface area contributed by atoms with Gasteiger partial charge in [0.1, 0.15) is 30.8 Å². The van der Waals surface area contributed by atoms with Crippen LogP contribution in [0.2, 0.25) is 0 Å². The number of benzene rings is 1. The van der Waals surface area contributed by atoms with E-state index in [0.29, 0.717) is 25.7 Å². The molecule has 4 rings (SSSR count). The first kappa shape index (κ1) is 14.1. The van der Waals surface area contributed by atoms with Crippen LogP contribution < -0.4 is 15.3 Å². The number of nitrogens with zero attached hydrogens (tertiary/aromatic N) is 3. The molecule has 2 aromatic rings. The molecule has 1 aromatic carbocycles. The third-order valence-electron chi connectivity index (χ3n) is 4.03. The molecule has 1 unspecified atom stereocenters. The molecule has 0 N–H and O–H groups in total. The van der Waals surface area contributed by atoms with Crippen molar-refractivity contribution in [3.8, 4) is 5.88 Å². The Bertz CT molecular complexity index is 824. The Balaban J connectivity index is 1.57. The molecule has 120 valence electrons. The second kappa shape index (κ2) is 5.31. The quantitative estimate of drug-likeness (QED) is 0.852. The second-order valence-corrected chi connectivity index (χ2v) is 5.49. The highest BCUT2D eigenvalue weighted by molar-refractivity contribution is 5.47. The van der Waals surface area contributed by atoms with Crippen LogP contribution >= 0.6 is 0 Å². The Morgan fingerprint density at radius 3 is 3.04 bits per heavy atom. The Hall–Kier alpha value is -2.48. The largest absolute Gasteiger partial charge is 0.472 e. The zero-order valence-electron chi connectivity index (χ0n) is 12.0. The SMILES string of the molecule is O=c1nc(OCc2ccc(F)cc2F)cc2n1CC1COCN21. The number of fused-ring (bicyclic) bond motifs is 3. The van der Waals surface area contributed by atoms with Gasteiger partial charge >= 0.3 is 5.69 Å². The molecule has 0 aliphatic carbocycles. The van der Waals surface area contributed by atoms with Gasteiger partial charge in [0.05, 0.1) is 19.2 Å². The van der Waals surface area contributed by atoms with Gasteiger partial charge in [-0.3, -0.25) is 4.57 Å². The lowest BCUT2D eigenvalue weighted by Crippen LogP contribution is -2.26. The molecule has 2 aliphatic rings. The van der Waals surface area contributed by atoms with Crippen LogP contribution in [0.25, 0.3) is 0 Å². The van der Waals surface area contributed by atoms with Crippen LogP contribution in [0.15, 0.2) is 29.1 Å². The normalized spacial score (nSPS) is 18.9. The first-order chi connectivity index (χ1) is 11.1. The third-order valence-corrected chi connectivity index (χ3v) is 4.03. The van der Waals surface area contributed by atoms with Gasteiger partial charge in [0, 0.05) is 17.7 Å². The smallest absolute Gasteiger partial charge is 0.352 e. The number of hydrogen-bond donors (Lipinski definition) is 0. The minimum atomic E-state index is -0.698. The number of rotatable bonds is 3. The summed E-state index contributed by atoms with van der Waals surface area (Å²) < 4.78 is 38.8. The zero-order valence-corrected chi connectivity index (χ0v) is 12.0. The molecular formula is C15H13F2N3O3. The van der Waals surface area contributed by atoms with Crippen molar-refractivity contribution in [2.75, 3.05) is 18.2 Å². The fourth-order valence-electron chi connectivity index (χ4n) is 2.84. The van der Waals surface area contributed by atoms with Crippen molar-refractivity contribution < 1.29 is 18.3 Å². The summed E-state index contributed by atoms with van der Waals surface area (Å²) in [4.78, 5) is 17.9. The zero-order chi connectivity index (χ0) is 16.0. The van der Waals surface area contributed by atoms with Crippen molar-refractivity contribution in [1.29, 1.82) is 0 Å². The summed E-state index contributed by atoms with van der Waals surface area (Å²) in [6.45, 7) is 1.38. The van der Waals surface area contributed by atoms with E-state index in [1.54, 1.807) is 10.6 Å². The summed E-state index contributed by atoms with van der Waals surface area (Å²) in [6, 6.07) is 5.01. The van der Waals surface area contributed by atoms with E-state index in [1.807, 2.05) is 4.90 Å². The first-order valence-electron chi connectivity index (χ1n) is 7.15. The molecular weight excluding hydrogens is 308 g/mol. The summed E-state index contributed by atoms with van der Waals surface area (Å²) in [5.74, 6) is -0.560. The van der Waals surface area contributed by atoms with Crippen LogP contribution in [0.3, 0.4) is 0 Å². The van der Waals surface area contributed by atoms with Gasteiger partial charge in [-0.05, 0) is 12.1 Å². The van der Waals surface area contributed by atoms with E-state index in [-0.39, 0.29) is 24.1 Å². The summed E-state index contributed by atoms with van der Waals surface area (Å²) in [7, 11) is 0. The maximum Gasteiger partial charge on any atom is 0.352 e. The van der Waals surface area contributed by atoms with Crippen molar-refractivity contribution in [2.45, 2.75) is 19.2 Å². The topological polar surface area (TPSA) is 56.6 Å². The molecule has 1 aromatic heterocycles. The minimum absolute atomic E-state index is 0.109. The van der Waals surface area contributed by atoms with Gasteiger partial charge in [0.2, 0.25) is 5.88 Å². The standard InChI is InChI=1S/C15H13F2N3O3/c16-10-2-1-9(12(17)3-10)6-23-13-4-14-19(15(21)18-13)5-11-7-22-8-20(11)14/h1-4,11H,5-8H2. The van der Waals surface area contributed by atoms with Crippen LogP contribution in [-0.4, -0.2) is 28.9 Å². The Morgan fingerprint density at radius 2 is 2.22 bits per heavy atom. The maximum absolute atomic E-state index is 13.6. The molecule has 3 heterocycles. The Labute approximate surface area is 129 Å². The molecule has 0 amide bonds. The number of ether oxygens (including phenoxy) is 2.